The van der Waals surface area contributed by atoms with Crippen molar-refractivity contribution in [3.8, 4) is 17.2 Å². The van der Waals surface area contributed by atoms with E-state index in [4.69, 9.17) is 33.3 Å². The number of benzene rings is 2. The first kappa shape index (κ1) is 19.7. The minimum Gasteiger partial charge on any atom is -0.412 e. The second-order valence-corrected chi connectivity index (χ2v) is 7.04. The third-order valence-electron chi connectivity index (χ3n) is 4.39. The van der Waals surface area contributed by atoms with Gasteiger partial charge in [-0.15, -0.1) is 4.73 Å². The zero-order chi connectivity index (χ0) is 21.3. The molecule has 0 saturated carbocycles. The van der Waals surface area contributed by atoms with Crippen LogP contribution in [0.4, 0.5) is 11.6 Å². The lowest BCUT2D eigenvalue weighted by atomic mass is 10.1. The highest BCUT2D eigenvalue weighted by molar-refractivity contribution is 6.39. The topological polar surface area (TPSA) is 92.8 Å². The molecule has 4 aromatic rings. The summed E-state index contributed by atoms with van der Waals surface area (Å²) in [6.07, 6.45) is 1.57. The zero-order valence-corrected chi connectivity index (χ0v) is 17.1. The summed E-state index contributed by atoms with van der Waals surface area (Å²) in [5, 5.41) is 13.2. The standard InChI is InChI=1S/C21H13Cl2N5O2/c1-30-28-19-13(9-15(20(28)29)18-16(22)3-2-4-17(18)23)11-25-21(27-19)26-14-7-5-12(10-24)6-8-14/h2-9,11H,1H3,(H,25,26,27). The molecule has 0 atom stereocenters. The number of hydrogen-bond acceptors (Lipinski definition) is 6. The number of nitriles is 1. The summed E-state index contributed by atoms with van der Waals surface area (Å²) < 4.78 is 1.07. The number of nitrogens with one attached hydrogen (secondary N) is 1. The first-order chi connectivity index (χ1) is 14.5. The summed E-state index contributed by atoms with van der Waals surface area (Å²) in [5.41, 5.74) is 1.75. The Hall–Kier alpha value is -3.60. The molecule has 0 amide bonds. The average Bonchev–Trinajstić information content (AvgIpc) is 2.75. The summed E-state index contributed by atoms with van der Waals surface area (Å²) in [6.45, 7) is 0. The molecule has 0 bridgehead atoms. The lowest BCUT2D eigenvalue weighted by Gasteiger charge is -2.13. The van der Waals surface area contributed by atoms with Crippen molar-refractivity contribution in [3.63, 3.8) is 0 Å². The number of halogens is 2. The summed E-state index contributed by atoms with van der Waals surface area (Å²) >= 11 is 12.6. The van der Waals surface area contributed by atoms with Crippen molar-refractivity contribution >= 4 is 45.9 Å². The Balaban J connectivity index is 1.83. The van der Waals surface area contributed by atoms with E-state index in [1.165, 1.54) is 7.11 Å². The monoisotopic (exact) mass is 437 g/mol. The van der Waals surface area contributed by atoms with Crippen LogP contribution in [0.15, 0.2) is 59.5 Å². The Labute approximate surface area is 181 Å². The Bertz CT molecular complexity index is 1340. The highest BCUT2D eigenvalue weighted by Crippen LogP contribution is 2.33. The predicted molar refractivity (Wildman–Crippen MR) is 116 cm³/mol. The number of anilines is 2. The molecular formula is C21H13Cl2N5O2. The largest absolute Gasteiger partial charge is 0.412 e. The normalized spacial score (nSPS) is 10.6. The maximum absolute atomic E-state index is 13.1. The summed E-state index contributed by atoms with van der Waals surface area (Å²) in [7, 11) is 1.37. The number of pyridine rings is 1. The van der Waals surface area contributed by atoms with E-state index in [0.717, 1.165) is 4.73 Å². The van der Waals surface area contributed by atoms with Crippen molar-refractivity contribution < 1.29 is 4.84 Å². The van der Waals surface area contributed by atoms with Crippen molar-refractivity contribution in [2.24, 2.45) is 0 Å². The van der Waals surface area contributed by atoms with Crippen LogP contribution >= 0.6 is 23.2 Å². The molecule has 148 valence electrons. The van der Waals surface area contributed by atoms with Crippen LogP contribution in [0.1, 0.15) is 5.56 Å². The second-order valence-electron chi connectivity index (χ2n) is 6.22. The van der Waals surface area contributed by atoms with Crippen LogP contribution in [0.3, 0.4) is 0 Å². The van der Waals surface area contributed by atoms with Crippen LogP contribution < -0.4 is 15.7 Å². The smallest absolute Gasteiger partial charge is 0.293 e. The molecule has 0 unspecified atom stereocenters. The number of fused-ring (bicyclic) bond motifs is 1. The molecule has 0 aliphatic carbocycles. The van der Waals surface area contributed by atoms with Crippen molar-refractivity contribution in [2.75, 3.05) is 12.4 Å². The van der Waals surface area contributed by atoms with Gasteiger partial charge in [0.25, 0.3) is 5.56 Å². The van der Waals surface area contributed by atoms with Gasteiger partial charge in [0.1, 0.15) is 7.11 Å². The van der Waals surface area contributed by atoms with E-state index in [0.29, 0.717) is 32.2 Å². The van der Waals surface area contributed by atoms with Crippen molar-refractivity contribution in [3.05, 3.63) is 80.7 Å². The number of rotatable bonds is 4. The van der Waals surface area contributed by atoms with Gasteiger partial charge in [0, 0.05) is 22.8 Å². The van der Waals surface area contributed by atoms with E-state index >= 15 is 0 Å². The molecule has 7 nitrogen and oxygen atoms in total. The van der Waals surface area contributed by atoms with Gasteiger partial charge in [-0.2, -0.15) is 10.2 Å². The van der Waals surface area contributed by atoms with Gasteiger partial charge in [0.05, 0.1) is 27.2 Å². The third-order valence-corrected chi connectivity index (χ3v) is 5.02. The Morgan fingerprint density at radius 2 is 1.83 bits per heavy atom. The van der Waals surface area contributed by atoms with Crippen LogP contribution in [0.2, 0.25) is 10.0 Å². The number of aromatic nitrogens is 3. The van der Waals surface area contributed by atoms with Gasteiger partial charge in [-0.25, -0.2) is 4.98 Å². The maximum atomic E-state index is 13.1. The third kappa shape index (κ3) is 3.54. The maximum Gasteiger partial charge on any atom is 0.293 e. The summed E-state index contributed by atoms with van der Waals surface area (Å²) in [6, 6.07) is 15.5. The summed E-state index contributed by atoms with van der Waals surface area (Å²) in [4.78, 5) is 27.1. The molecule has 0 radical (unpaired) electrons. The first-order valence-electron chi connectivity index (χ1n) is 8.70. The fourth-order valence-electron chi connectivity index (χ4n) is 2.99. The van der Waals surface area contributed by atoms with Gasteiger partial charge in [-0.05, 0) is 42.5 Å². The molecule has 2 aromatic heterocycles. The number of nitrogens with zero attached hydrogens (tertiary/aromatic N) is 4. The van der Waals surface area contributed by atoms with E-state index in [1.54, 1.807) is 54.7 Å². The number of hydrogen-bond donors (Lipinski definition) is 1. The quantitative estimate of drug-likeness (QED) is 0.507. The summed E-state index contributed by atoms with van der Waals surface area (Å²) in [5.74, 6) is 0.265. The predicted octanol–water partition coefficient (Wildman–Crippen LogP) is 4.44. The van der Waals surface area contributed by atoms with E-state index in [9.17, 15) is 4.79 Å². The van der Waals surface area contributed by atoms with Crippen LogP contribution in [-0.2, 0) is 0 Å². The molecule has 9 heteroatoms. The van der Waals surface area contributed by atoms with E-state index < -0.39 is 5.56 Å². The highest BCUT2D eigenvalue weighted by atomic mass is 35.5. The second kappa shape index (κ2) is 8.03. The average molecular weight is 438 g/mol. The molecule has 2 heterocycles. The minimum atomic E-state index is -0.456. The van der Waals surface area contributed by atoms with E-state index in [2.05, 4.69) is 21.4 Å². The van der Waals surface area contributed by atoms with Gasteiger partial charge in [0.2, 0.25) is 5.95 Å². The molecular weight excluding hydrogens is 425 g/mol. The SMILES string of the molecule is COn1c(=O)c(-c2c(Cl)cccc2Cl)cc2cnc(Nc3ccc(C#N)cc3)nc21. The molecule has 0 aliphatic heterocycles. The highest BCUT2D eigenvalue weighted by Gasteiger charge is 2.18. The van der Waals surface area contributed by atoms with Gasteiger partial charge in [-0.1, -0.05) is 29.3 Å². The Kier molecular flexibility index (Phi) is 5.27. The van der Waals surface area contributed by atoms with Gasteiger partial charge in [-0.3, -0.25) is 4.79 Å². The molecule has 0 fully saturated rings. The molecule has 0 saturated heterocycles. The van der Waals surface area contributed by atoms with Gasteiger partial charge in [0.15, 0.2) is 5.65 Å². The molecule has 2 aromatic carbocycles. The van der Waals surface area contributed by atoms with Crippen LogP contribution in [0.25, 0.3) is 22.2 Å². The zero-order valence-electron chi connectivity index (χ0n) is 15.6. The van der Waals surface area contributed by atoms with Crippen LogP contribution in [0, 0.1) is 11.3 Å². The Morgan fingerprint density at radius 3 is 2.47 bits per heavy atom. The lowest BCUT2D eigenvalue weighted by Crippen LogP contribution is -2.27. The fourth-order valence-corrected chi connectivity index (χ4v) is 3.59. The lowest BCUT2D eigenvalue weighted by molar-refractivity contribution is 0.168. The molecule has 1 N–H and O–H groups in total. The molecule has 0 aliphatic rings. The fraction of sp³-hybridized carbons (Fsp3) is 0.0476. The van der Waals surface area contributed by atoms with E-state index in [1.807, 2.05) is 0 Å². The van der Waals surface area contributed by atoms with Crippen LogP contribution in [-0.4, -0.2) is 21.8 Å². The van der Waals surface area contributed by atoms with Crippen molar-refractivity contribution in [1.29, 1.82) is 5.26 Å². The molecule has 4 rings (SSSR count). The molecule has 0 spiro atoms. The van der Waals surface area contributed by atoms with Gasteiger partial charge >= 0.3 is 0 Å². The van der Waals surface area contributed by atoms with Crippen molar-refractivity contribution in [1.82, 2.24) is 14.7 Å². The Morgan fingerprint density at radius 1 is 1.13 bits per heavy atom. The van der Waals surface area contributed by atoms with Crippen LogP contribution in [0.5, 0.6) is 0 Å². The van der Waals surface area contributed by atoms with Gasteiger partial charge < -0.3 is 10.2 Å². The van der Waals surface area contributed by atoms with Crippen molar-refractivity contribution in [2.45, 2.75) is 0 Å². The molecule has 30 heavy (non-hydrogen) atoms. The first-order valence-corrected chi connectivity index (χ1v) is 9.46. The minimum absolute atomic E-state index is 0.265. The van der Waals surface area contributed by atoms with E-state index in [-0.39, 0.29) is 17.2 Å².